The van der Waals surface area contributed by atoms with Gasteiger partial charge >= 0.3 is 0 Å². The zero-order chi connectivity index (χ0) is 15.2. The maximum atomic E-state index is 6.11. The molecule has 1 aromatic carbocycles. The predicted octanol–water partition coefficient (Wildman–Crippen LogP) is 4.11. The number of anilines is 1. The number of nitrogens with zero attached hydrogens (tertiary/aromatic N) is 2. The van der Waals surface area contributed by atoms with Crippen molar-refractivity contribution in [3.8, 4) is 5.75 Å². The first kappa shape index (κ1) is 14.8. The van der Waals surface area contributed by atoms with Gasteiger partial charge in [-0.3, -0.25) is 0 Å². The van der Waals surface area contributed by atoms with Gasteiger partial charge in [0.2, 0.25) is 5.95 Å². The van der Waals surface area contributed by atoms with Gasteiger partial charge in [-0.1, -0.05) is 18.6 Å². The van der Waals surface area contributed by atoms with Crippen LogP contribution in [-0.2, 0) is 6.54 Å². The summed E-state index contributed by atoms with van der Waals surface area (Å²) in [6.07, 6.45) is 8.44. The predicted molar refractivity (Wildman–Crippen MR) is 88.0 cm³/mol. The van der Waals surface area contributed by atoms with Gasteiger partial charge in [0.15, 0.2) is 0 Å². The van der Waals surface area contributed by atoms with Gasteiger partial charge in [0.1, 0.15) is 5.75 Å². The zero-order valence-electron chi connectivity index (χ0n) is 13.1. The highest BCUT2D eigenvalue weighted by molar-refractivity contribution is 5.32. The minimum Gasteiger partial charge on any atom is -0.490 e. The van der Waals surface area contributed by atoms with Crippen LogP contribution in [0.5, 0.6) is 5.75 Å². The average Bonchev–Trinajstić information content (AvgIpc) is 2.54. The first-order valence-electron chi connectivity index (χ1n) is 8.09. The Balaban J connectivity index is 1.58. The fraction of sp³-hybridized carbons (Fsp3) is 0.444. The van der Waals surface area contributed by atoms with E-state index in [4.69, 9.17) is 4.74 Å². The van der Waals surface area contributed by atoms with Crippen molar-refractivity contribution in [2.45, 2.75) is 51.7 Å². The van der Waals surface area contributed by atoms with Crippen molar-refractivity contribution in [2.75, 3.05) is 5.32 Å². The molecule has 1 aliphatic rings. The van der Waals surface area contributed by atoms with E-state index in [0.717, 1.165) is 11.4 Å². The standard InChI is InChI=1S/C18H23N3O/c1-14-10-11-19-18(21-14)20-13-15-6-5-9-17(12-15)22-16-7-3-2-4-8-16/h5-6,9-12,16H,2-4,7-8,13H2,1H3,(H,19,20,21). The molecule has 2 aromatic rings. The van der Waals surface area contributed by atoms with E-state index in [1.54, 1.807) is 6.20 Å². The van der Waals surface area contributed by atoms with E-state index in [0.29, 0.717) is 18.6 Å². The van der Waals surface area contributed by atoms with E-state index in [1.165, 1.54) is 37.7 Å². The summed E-state index contributed by atoms with van der Waals surface area (Å²) in [4.78, 5) is 8.57. The lowest BCUT2D eigenvalue weighted by Crippen LogP contribution is -2.19. The molecule has 0 atom stereocenters. The number of aryl methyl sites for hydroxylation is 1. The topological polar surface area (TPSA) is 47.0 Å². The van der Waals surface area contributed by atoms with Crippen molar-refractivity contribution in [1.82, 2.24) is 9.97 Å². The summed E-state index contributed by atoms with van der Waals surface area (Å²) < 4.78 is 6.11. The van der Waals surface area contributed by atoms with Gasteiger partial charge in [0.25, 0.3) is 0 Å². The van der Waals surface area contributed by atoms with Crippen molar-refractivity contribution in [2.24, 2.45) is 0 Å². The molecule has 0 saturated heterocycles. The lowest BCUT2D eigenvalue weighted by Gasteiger charge is -2.23. The zero-order valence-corrected chi connectivity index (χ0v) is 13.1. The van der Waals surface area contributed by atoms with E-state index in [1.807, 2.05) is 25.1 Å². The minimum atomic E-state index is 0.386. The molecule has 22 heavy (non-hydrogen) atoms. The summed E-state index contributed by atoms with van der Waals surface area (Å²) >= 11 is 0. The van der Waals surface area contributed by atoms with Crippen LogP contribution in [0.15, 0.2) is 36.5 Å². The molecule has 1 aromatic heterocycles. The minimum absolute atomic E-state index is 0.386. The third kappa shape index (κ3) is 4.20. The number of rotatable bonds is 5. The number of hydrogen-bond donors (Lipinski definition) is 1. The Labute approximate surface area is 132 Å². The van der Waals surface area contributed by atoms with E-state index < -0.39 is 0 Å². The maximum absolute atomic E-state index is 6.11. The lowest BCUT2D eigenvalue weighted by atomic mass is 9.98. The first-order chi connectivity index (χ1) is 10.8. The Kier molecular flexibility index (Phi) is 4.88. The molecule has 1 aliphatic carbocycles. The number of hydrogen-bond acceptors (Lipinski definition) is 4. The summed E-state index contributed by atoms with van der Waals surface area (Å²) in [5.74, 6) is 1.63. The number of nitrogens with one attached hydrogen (secondary N) is 1. The van der Waals surface area contributed by atoms with Gasteiger partial charge in [-0.2, -0.15) is 0 Å². The highest BCUT2D eigenvalue weighted by atomic mass is 16.5. The molecular weight excluding hydrogens is 274 g/mol. The summed E-state index contributed by atoms with van der Waals surface area (Å²) in [7, 11) is 0. The second-order valence-electron chi connectivity index (χ2n) is 5.90. The second kappa shape index (κ2) is 7.25. The molecule has 4 nitrogen and oxygen atoms in total. The molecule has 0 bridgehead atoms. The molecule has 1 heterocycles. The summed E-state index contributed by atoms with van der Waals surface area (Å²) in [6, 6.07) is 10.2. The Morgan fingerprint density at radius 2 is 2.05 bits per heavy atom. The molecule has 0 spiro atoms. The van der Waals surface area contributed by atoms with Crippen LogP contribution < -0.4 is 10.1 Å². The normalized spacial score (nSPS) is 15.5. The molecule has 3 rings (SSSR count). The molecule has 0 aliphatic heterocycles. The number of ether oxygens (including phenoxy) is 1. The molecule has 1 N–H and O–H groups in total. The maximum Gasteiger partial charge on any atom is 0.223 e. The van der Waals surface area contributed by atoms with Gasteiger partial charge < -0.3 is 10.1 Å². The highest BCUT2D eigenvalue weighted by Crippen LogP contribution is 2.24. The van der Waals surface area contributed by atoms with Crippen molar-refractivity contribution in [1.29, 1.82) is 0 Å². The first-order valence-corrected chi connectivity index (χ1v) is 8.09. The quantitative estimate of drug-likeness (QED) is 0.902. The molecule has 1 saturated carbocycles. The van der Waals surface area contributed by atoms with Crippen LogP contribution in [0.4, 0.5) is 5.95 Å². The molecule has 0 unspecified atom stereocenters. The Morgan fingerprint density at radius 1 is 1.18 bits per heavy atom. The van der Waals surface area contributed by atoms with E-state index in [9.17, 15) is 0 Å². The van der Waals surface area contributed by atoms with Crippen LogP contribution >= 0.6 is 0 Å². The van der Waals surface area contributed by atoms with Crippen LogP contribution in [0.3, 0.4) is 0 Å². The Hall–Kier alpha value is -2.10. The van der Waals surface area contributed by atoms with Gasteiger partial charge in [-0.15, -0.1) is 0 Å². The van der Waals surface area contributed by atoms with E-state index >= 15 is 0 Å². The molecule has 116 valence electrons. The third-order valence-electron chi connectivity index (χ3n) is 4.00. The molecular formula is C18H23N3O. The Bertz CT molecular complexity index is 609. The number of benzene rings is 1. The fourth-order valence-corrected chi connectivity index (χ4v) is 2.82. The molecule has 1 fully saturated rings. The van der Waals surface area contributed by atoms with Crippen LogP contribution in [0.25, 0.3) is 0 Å². The van der Waals surface area contributed by atoms with Crippen molar-refractivity contribution in [3.63, 3.8) is 0 Å². The monoisotopic (exact) mass is 297 g/mol. The van der Waals surface area contributed by atoms with Crippen molar-refractivity contribution < 1.29 is 4.74 Å². The van der Waals surface area contributed by atoms with Gasteiger partial charge in [0, 0.05) is 18.4 Å². The van der Waals surface area contributed by atoms with Gasteiger partial charge in [-0.25, -0.2) is 9.97 Å². The van der Waals surface area contributed by atoms with E-state index in [2.05, 4.69) is 27.4 Å². The summed E-state index contributed by atoms with van der Waals surface area (Å²) in [6.45, 7) is 2.66. The van der Waals surface area contributed by atoms with Gasteiger partial charge in [0.05, 0.1) is 6.10 Å². The van der Waals surface area contributed by atoms with Crippen LogP contribution in [0.1, 0.15) is 43.4 Å². The number of aromatic nitrogens is 2. The van der Waals surface area contributed by atoms with Crippen LogP contribution in [0, 0.1) is 6.92 Å². The smallest absolute Gasteiger partial charge is 0.223 e. The average molecular weight is 297 g/mol. The molecule has 0 radical (unpaired) electrons. The largest absolute Gasteiger partial charge is 0.490 e. The Morgan fingerprint density at radius 3 is 2.86 bits per heavy atom. The second-order valence-corrected chi connectivity index (χ2v) is 5.90. The van der Waals surface area contributed by atoms with Crippen LogP contribution in [-0.4, -0.2) is 16.1 Å². The summed E-state index contributed by atoms with van der Waals surface area (Å²) in [5.41, 5.74) is 2.14. The van der Waals surface area contributed by atoms with Crippen molar-refractivity contribution >= 4 is 5.95 Å². The molecule has 4 heteroatoms. The van der Waals surface area contributed by atoms with Crippen molar-refractivity contribution in [3.05, 3.63) is 47.8 Å². The molecule has 0 amide bonds. The highest BCUT2D eigenvalue weighted by Gasteiger charge is 2.14. The van der Waals surface area contributed by atoms with Gasteiger partial charge in [-0.05, 0) is 56.4 Å². The lowest BCUT2D eigenvalue weighted by molar-refractivity contribution is 0.155. The van der Waals surface area contributed by atoms with Crippen LogP contribution in [0.2, 0.25) is 0 Å². The fourth-order valence-electron chi connectivity index (χ4n) is 2.82. The SMILES string of the molecule is Cc1ccnc(NCc2cccc(OC3CCCCC3)c2)n1. The summed E-state index contributed by atoms with van der Waals surface area (Å²) in [5, 5.41) is 3.25. The third-order valence-corrected chi connectivity index (χ3v) is 4.00. The van der Waals surface area contributed by atoms with E-state index in [-0.39, 0.29) is 0 Å².